The topological polar surface area (TPSA) is 44.8 Å². The summed E-state index contributed by atoms with van der Waals surface area (Å²) in [7, 11) is 4.10. The number of ether oxygens (including phenoxy) is 1. The maximum atomic E-state index is 12.3. The fourth-order valence-corrected chi connectivity index (χ4v) is 3.32. The van der Waals surface area contributed by atoms with Crippen LogP contribution in [0.1, 0.15) is 24.0 Å². The van der Waals surface area contributed by atoms with Crippen LogP contribution in [-0.4, -0.2) is 44.2 Å². The van der Waals surface area contributed by atoms with Gasteiger partial charge in [-0.05, 0) is 49.1 Å². The zero-order valence-corrected chi connectivity index (χ0v) is 16.4. The van der Waals surface area contributed by atoms with Crippen LogP contribution in [0.15, 0.2) is 48.5 Å². The lowest BCUT2D eigenvalue weighted by Crippen LogP contribution is -2.42. The Morgan fingerprint density at radius 1 is 1.15 bits per heavy atom. The molecule has 1 heterocycles. The summed E-state index contributed by atoms with van der Waals surface area (Å²) in [5.74, 6) is 0. The minimum Gasteiger partial charge on any atom is -0.445 e. The van der Waals surface area contributed by atoms with Gasteiger partial charge in [-0.25, -0.2) is 4.79 Å². The highest BCUT2D eigenvalue weighted by atomic mass is 16.6. The third-order valence-corrected chi connectivity index (χ3v) is 5.04. The Morgan fingerprint density at radius 2 is 1.85 bits per heavy atom. The van der Waals surface area contributed by atoms with Crippen molar-refractivity contribution in [3.8, 4) is 0 Å². The maximum absolute atomic E-state index is 12.3. The third-order valence-electron chi connectivity index (χ3n) is 5.04. The Kier molecular flexibility index (Phi) is 6.22. The van der Waals surface area contributed by atoms with E-state index in [1.807, 2.05) is 35.2 Å². The van der Waals surface area contributed by atoms with E-state index in [2.05, 4.69) is 49.4 Å². The van der Waals surface area contributed by atoms with E-state index in [0.717, 1.165) is 31.5 Å². The number of benzene rings is 2. The second-order valence-corrected chi connectivity index (χ2v) is 7.34. The van der Waals surface area contributed by atoms with Crippen LogP contribution < -0.4 is 10.2 Å². The molecule has 1 fully saturated rings. The van der Waals surface area contributed by atoms with E-state index in [9.17, 15) is 4.79 Å². The number of carbonyl (C=O) groups excluding carboxylic acids is 1. The van der Waals surface area contributed by atoms with Gasteiger partial charge in [-0.15, -0.1) is 0 Å². The highest BCUT2D eigenvalue weighted by molar-refractivity contribution is 5.68. The van der Waals surface area contributed by atoms with E-state index in [0.29, 0.717) is 12.6 Å². The summed E-state index contributed by atoms with van der Waals surface area (Å²) < 4.78 is 5.44. The van der Waals surface area contributed by atoms with Crippen molar-refractivity contribution in [3.63, 3.8) is 0 Å². The largest absolute Gasteiger partial charge is 0.445 e. The van der Waals surface area contributed by atoms with Crippen LogP contribution in [0.25, 0.3) is 0 Å². The average Bonchev–Trinajstić information content (AvgIpc) is 2.69. The van der Waals surface area contributed by atoms with Gasteiger partial charge in [0.15, 0.2) is 0 Å². The molecule has 27 heavy (non-hydrogen) atoms. The average molecular weight is 367 g/mol. The van der Waals surface area contributed by atoms with E-state index in [4.69, 9.17) is 4.74 Å². The fourth-order valence-electron chi connectivity index (χ4n) is 3.32. The maximum Gasteiger partial charge on any atom is 0.410 e. The summed E-state index contributed by atoms with van der Waals surface area (Å²) in [5, 5.41) is 3.64. The van der Waals surface area contributed by atoms with Crippen molar-refractivity contribution in [3.05, 3.63) is 59.7 Å². The molecule has 2 aromatic rings. The molecule has 0 saturated carbocycles. The fraction of sp³-hybridized carbons (Fsp3) is 0.409. The zero-order valence-electron chi connectivity index (χ0n) is 16.4. The molecule has 144 valence electrons. The molecule has 1 aliphatic rings. The summed E-state index contributed by atoms with van der Waals surface area (Å²) in [6.45, 7) is 3.90. The molecule has 0 radical (unpaired) electrons. The van der Waals surface area contributed by atoms with Gasteiger partial charge in [0.1, 0.15) is 6.61 Å². The predicted molar refractivity (Wildman–Crippen MR) is 110 cm³/mol. The van der Waals surface area contributed by atoms with E-state index < -0.39 is 0 Å². The van der Waals surface area contributed by atoms with Crippen molar-refractivity contribution >= 4 is 17.5 Å². The lowest BCUT2D eigenvalue weighted by Gasteiger charge is -2.32. The first-order valence-electron chi connectivity index (χ1n) is 9.53. The number of carbonyl (C=O) groups is 1. The number of nitrogens with zero attached hydrogens (tertiary/aromatic N) is 2. The highest BCUT2D eigenvalue weighted by Crippen LogP contribution is 2.24. The van der Waals surface area contributed by atoms with Gasteiger partial charge in [-0.2, -0.15) is 0 Å². The van der Waals surface area contributed by atoms with Crippen LogP contribution in [0.5, 0.6) is 0 Å². The van der Waals surface area contributed by atoms with Crippen LogP contribution in [0.4, 0.5) is 16.2 Å². The molecule has 5 nitrogen and oxygen atoms in total. The summed E-state index contributed by atoms with van der Waals surface area (Å²) in [4.78, 5) is 16.2. The molecule has 1 N–H and O–H groups in total. The van der Waals surface area contributed by atoms with E-state index in [-0.39, 0.29) is 6.09 Å². The number of nitrogens with one attached hydrogen (secondary N) is 1. The second kappa shape index (κ2) is 8.80. The Balaban J connectivity index is 1.46. The summed E-state index contributed by atoms with van der Waals surface area (Å²) >= 11 is 0. The summed E-state index contributed by atoms with van der Waals surface area (Å²) in [6.07, 6.45) is 1.63. The number of anilines is 2. The van der Waals surface area contributed by atoms with E-state index in [1.54, 1.807) is 0 Å². The molecule has 0 aromatic heterocycles. The SMILES string of the molecule is Cc1cc(N(C)C)ccc1NC1CCN(C(=O)OCc2ccccc2)CC1. The molecule has 0 bridgehead atoms. The van der Waals surface area contributed by atoms with E-state index in [1.165, 1.54) is 16.9 Å². The van der Waals surface area contributed by atoms with Crippen molar-refractivity contribution in [2.24, 2.45) is 0 Å². The van der Waals surface area contributed by atoms with E-state index >= 15 is 0 Å². The molecule has 2 aromatic carbocycles. The van der Waals surface area contributed by atoms with Crippen molar-refractivity contribution in [1.82, 2.24) is 4.90 Å². The highest BCUT2D eigenvalue weighted by Gasteiger charge is 2.24. The summed E-state index contributed by atoms with van der Waals surface area (Å²) in [5.41, 5.74) is 4.63. The molecule has 1 aliphatic heterocycles. The molecule has 0 atom stereocenters. The Bertz CT molecular complexity index is 753. The van der Waals surface area contributed by atoms with Crippen molar-refractivity contribution in [2.45, 2.75) is 32.4 Å². The lowest BCUT2D eigenvalue weighted by molar-refractivity contribution is 0.0882. The molecule has 3 rings (SSSR count). The van der Waals surface area contributed by atoms with Crippen LogP contribution in [0, 0.1) is 6.92 Å². The van der Waals surface area contributed by atoms with Gasteiger partial charge in [0.25, 0.3) is 0 Å². The molecule has 0 aliphatic carbocycles. The molecule has 1 amide bonds. The quantitative estimate of drug-likeness (QED) is 0.857. The molecule has 0 spiro atoms. The number of aryl methyl sites for hydroxylation is 1. The van der Waals surface area contributed by atoms with Gasteiger partial charge in [0, 0.05) is 44.6 Å². The van der Waals surface area contributed by atoms with Crippen LogP contribution in [0.3, 0.4) is 0 Å². The van der Waals surface area contributed by atoms with Gasteiger partial charge in [-0.1, -0.05) is 30.3 Å². The molecular weight excluding hydrogens is 338 g/mol. The van der Waals surface area contributed by atoms with Gasteiger partial charge < -0.3 is 19.9 Å². The van der Waals surface area contributed by atoms with Gasteiger partial charge >= 0.3 is 6.09 Å². The number of likely N-dealkylation sites (tertiary alicyclic amines) is 1. The number of hydrogen-bond donors (Lipinski definition) is 1. The van der Waals surface area contributed by atoms with Crippen LogP contribution in [-0.2, 0) is 11.3 Å². The van der Waals surface area contributed by atoms with Crippen LogP contribution in [0.2, 0.25) is 0 Å². The Labute approximate surface area is 161 Å². The number of hydrogen-bond acceptors (Lipinski definition) is 4. The lowest BCUT2D eigenvalue weighted by atomic mass is 10.0. The monoisotopic (exact) mass is 367 g/mol. The number of piperidine rings is 1. The molecule has 1 saturated heterocycles. The van der Waals surface area contributed by atoms with Crippen molar-refractivity contribution < 1.29 is 9.53 Å². The van der Waals surface area contributed by atoms with Crippen molar-refractivity contribution in [2.75, 3.05) is 37.4 Å². The van der Waals surface area contributed by atoms with Gasteiger partial charge in [0.05, 0.1) is 0 Å². The third kappa shape index (κ3) is 5.16. The second-order valence-electron chi connectivity index (χ2n) is 7.34. The number of amides is 1. The Morgan fingerprint density at radius 3 is 2.48 bits per heavy atom. The molecule has 0 unspecified atom stereocenters. The molecule has 5 heteroatoms. The predicted octanol–water partition coefficient (Wildman–Crippen LogP) is 4.27. The van der Waals surface area contributed by atoms with Gasteiger partial charge in [-0.3, -0.25) is 0 Å². The van der Waals surface area contributed by atoms with Crippen molar-refractivity contribution in [1.29, 1.82) is 0 Å². The van der Waals surface area contributed by atoms with Gasteiger partial charge in [0.2, 0.25) is 0 Å². The Hall–Kier alpha value is -2.69. The normalized spacial score (nSPS) is 14.7. The minimum absolute atomic E-state index is 0.219. The summed E-state index contributed by atoms with van der Waals surface area (Å²) in [6, 6.07) is 16.6. The molecular formula is C22H29N3O2. The first kappa shape index (κ1) is 19.1. The zero-order chi connectivity index (χ0) is 19.2. The number of rotatable bonds is 5. The minimum atomic E-state index is -0.219. The van der Waals surface area contributed by atoms with Crippen LogP contribution >= 0.6 is 0 Å². The smallest absolute Gasteiger partial charge is 0.410 e. The first-order valence-corrected chi connectivity index (χ1v) is 9.53. The first-order chi connectivity index (χ1) is 13.0. The standard InChI is InChI=1S/C22H29N3O2/c1-17-15-20(24(2)3)9-10-21(17)23-19-11-13-25(14-12-19)22(26)27-16-18-7-5-4-6-8-18/h4-10,15,19,23H,11-14,16H2,1-3H3.